The van der Waals surface area contributed by atoms with E-state index in [4.69, 9.17) is 0 Å². The van der Waals surface area contributed by atoms with Crippen LogP contribution in [0, 0.1) is 5.92 Å². The summed E-state index contributed by atoms with van der Waals surface area (Å²) >= 11 is 0. The van der Waals surface area contributed by atoms with Crippen LogP contribution >= 0.6 is 0 Å². The number of hydrogen-bond donors (Lipinski definition) is 1. The molecule has 0 heterocycles. The number of nitrogens with zero attached hydrogens (tertiary/aromatic N) is 3. The van der Waals surface area contributed by atoms with Gasteiger partial charge < -0.3 is 9.38 Å². The number of hydrogen-bond acceptors (Lipinski definition) is 4. The Morgan fingerprint density at radius 2 is 1.38 bits per heavy atom. The lowest BCUT2D eigenvalue weighted by Crippen LogP contribution is -2.43. The van der Waals surface area contributed by atoms with Crippen molar-refractivity contribution in [2.75, 3.05) is 27.7 Å². The van der Waals surface area contributed by atoms with Gasteiger partial charge in [-0.2, -0.15) is 5.10 Å². The van der Waals surface area contributed by atoms with E-state index in [1.165, 1.54) is 0 Å². The van der Waals surface area contributed by atoms with Crippen LogP contribution in [0.15, 0.2) is 65.8 Å². The number of ketones is 1. The predicted octanol–water partition coefficient (Wildman–Crippen LogP) is 4.57. The lowest BCUT2D eigenvalue weighted by atomic mass is 9.90. The molecular formula is C30H43N4O3+. The van der Waals surface area contributed by atoms with Crippen LogP contribution in [-0.2, 0) is 27.5 Å². The van der Waals surface area contributed by atoms with Crippen LogP contribution in [0.4, 0.5) is 0 Å². The molecule has 0 aliphatic carbocycles. The van der Waals surface area contributed by atoms with Crippen LogP contribution in [0.5, 0.6) is 0 Å². The third-order valence-corrected chi connectivity index (χ3v) is 6.02. The molecule has 0 aliphatic heterocycles. The van der Waals surface area contributed by atoms with Crippen molar-refractivity contribution in [3.05, 3.63) is 71.8 Å². The van der Waals surface area contributed by atoms with E-state index in [1.54, 1.807) is 0 Å². The van der Waals surface area contributed by atoms with Gasteiger partial charge in [-0.1, -0.05) is 74.5 Å². The molecule has 7 heteroatoms. The number of Topliss-reactive ketones (excluding diaryl/α,β-unsaturated/α-hetero) is 1. The summed E-state index contributed by atoms with van der Waals surface area (Å²) in [7, 11) is 5.78. The second-order valence-electron chi connectivity index (χ2n) is 10.5. The van der Waals surface area contributed by atoms with E-state index in [9.17, 15) is 14.4 Å². The molecule has 0 bridgehead atoms. The normalized spacial score (nSPS) is 12.6. The highest BCUT2D eigenvalue weighted by Crippen LogP contribution is 2.17. The van der Waals surface area contributed by atoms with Crippen LogP contribution in [-0.4, -0.2) is 60.4 Å². The summed E-state index contributed by atoms with van der Waals surface area (Å²) in [6.07, 6.45) is 2.30. The van der Waals surface area contributed by atoms with E-state index in [0.29, 0.717) is 42.5 Å². The number of benzene rings is 2. The zero-order valence-electron chi connectivity index (χ0n) is 23.1. The van der Waals surface area contributed by atoms with E-state index in [0.717, 1.165) is 17.5 Å². The quantitative estimate of drug-likeness (QED) is 0.218. The van der Waals surface area contributed by atoms with Gasteiger partial charge in [0.1, 0.15) is 5.78 Å². The molecule has 0 radical (unpaired) electrons. The van der Waals surface area contributed by atoms with Crippen molar-refractivity contribution in [1.82, 2.24) is 10.3 Å². The molecule has 7 nitrogen and oxygen atoms in total. The lowest BCUT2D eigenvalue weighted by molar-refractivity contribution is -0.862. The minimum absolute atomic E-state index is 0.0177. The molecule has 0 spiro atoms. The smallest absolute Gasteiger partial charge is 0.295 e. The highest BCUT2D eigenvalue weighted by atomic mass is 16.2. The number of carbonyl (C=O) groups excluding carboxylic acids is 3. The number of rotatable bonds is 15. The monoisotopic (exact) mass is 507 g/mol. The van der Waals surface area contributed by atoms with Crippen molar-refractivity contribution in [3.8, 4) is 0 Å². The van der Waals surface area contributed by atoms with Crippen molar-refractivity contribution in [3.63, 3.8) is 0 Å². The summed E-state index contributed by atoms with van der Waals surface area (Å²) in [5.74, 6) is -0.545. The van der Waals surface area contributed by atoms with Crippen LogP contribution in [0.1, 0.15) is 57.1 Å². The molecule has 0 aromatic heterocycles. The summed E-state index contributed by atoms with van der Waals surface area (Å²) in [4.78, 5) is 40.6. The first-order valence-electron chi connectivity index (χ1n) is 13.2. The summed E-state index contributed by atoms with van der Waals surface area (Å²) < 4.78 is 0.467. The number of amides is 2. The zero-order valence-corrected chi connectivity index (χ0v) is 23.1. The van der Waals surface area contributed by atoms with Gasteiger partial charge in [-0.3, -0.25) is 14.4 Å². The molecule has 1 atom stereocenters. The molecule has 0 saturated carbocycles. The standard InChI is InChI=1S/C30H42N4O3/c1-6-14-28(35)26(7-2)27(31-32-29(36)23-34(3,4)5)19-20-30(37)33(21-24-15-10-8-11-16-24)22-25-17-12-9-13-18-25/h8-13,15-18,26H,6-7,14,19-23H2,1-5H3/p+1/b31-27+/t26-/m0/s1. The topological polar surface area (TPSA) is 78.8 Å². The average molecular weight is 508 g/mol. The van der Waals surface area contributed by atoms with Gasteiger partial charge in [0, 0.05) is 31.6 Å². The van der Waals surface area contributed by atoms with Crippen LogP contribution in [0.2, 0.25) is 0 Å². The van der Waals surface area contributed by atoms with Crippen molar-refractivity contribution in [2.24, 2.45) is 11.0 Å². The number of quaternary nitrogens is 1. The molecular weight excluding hydrogens is 464 g/mol. The average Bonchev–Trinajstić information content (AvgIpc) is 2.85. The molecule has 2 rings (SSSR count). The summed E-state index contributed by atoms with van der Waals surface area (Å²) in [5, 5.41) is 4.40. The first-order chi connectivity index (χ1) is 17.6. The Morgan fingerprint density at radius 3 is 1.84 bits per heavy atom. The Kier molecular flexibility index (Phi) is 12.2. The van der Waals surface area contributed by atoms with Gasteiger partial charge in [0.2, 0.25) is 5.91 Å². The van der Waals surface area contributed by atoms with Gasteiger partial charge in [0.25, 0.3) is 5.91 Å². The summed E-state index contributed by atoms with van der Waals surface area (Å²) in [6.45, 7) is 5.16. The molecule has 0 aliphatic rings. The maximum absolute atomic E-state index is 13.5. The van der Waals surface area contributed by atoms with Crippen molar-refractivity contribution in [1.29, 1.82) is 0 Å². The zero-order chi connectivity index (χ0) is 27.3. The van der Waals surface area contributed by atoms with E-state index in [2.05, 4.69) is 10.5 Å². The van der Waals surface area contributed by atoms with Gasteiger partial charge in [0.05, 0.1) is 27.1 Å². The Bertz CT molecular complexity index is 988. The van der Waals surface area contributed by atoms with Gasteiger partial charge in [-0.25, -0.2) is 5.43 Å². The number of likely N-dealkylation sites (N-methyl/N-ethyl adjacent to an activating group) is 1. The van der Waals surface area contributed by atoms with Gasteiger partial charge in [0.15, 0.2) is 6.54 Å². The minimum atomic E-state index is -0.408. The molecule has 2 aromatic carbocycles. The van der Waals surface area contributed by atoms with E-state index in [1.807, 2.05) is 101 Å². The van der Waals surface area contributed by atoms with Crippen molar-refractivity contribution in [2.45, 2.75) is 59.0 Å². The fourth-order valence-corrected chi connectivity index (χ4v) is 4.21. The molecule has 200 valence electrons. The van der Waals surface area contributed by atoms with Gasteiger partial charge in [-0.15, -0.1) is 0 Å². The molecule has 1 N–H and O–H groups in total. The Hall–Kier alpha value is -3.32. The maximum Gasteiger partial charge on any atom is 0.295 e. The molecule has 0 unspecified atom stereocenters. The maximum atomic E-state index is 13.5. The van der Waals surface area contributed by atoms with Crippen LogP contribution in [0.25, 0.3) is 0 Å². The van der Waals surface area contributed by atoms with Crippen molar-refractivity contribution >= 4 is 23.3 Å². The first kappa shape index (κ1) is 29.9. The first-order valence-corrected chi connectivity index (χ1v) is 13.2. The lowest BCUT2D eigenvalue weighted by Gasteiger charge is -2.24. The van der Waals surface area contributed by atoms with Crippen LogP contribution in [0.3, 0.4) is 0 Å². The van der Waals surface area contributed by atoms with Gasteiger partial charge >= 0.3 is 0 Å². The molecule has 0 fully saturated rings. The van der Waals surface area contributed by atoms with Crippen molar-refractivity contribution < 1.29 is 18.9 Å². The Morgan fingerprint density at radius 1 is 0.838 bits per heavy atom. The predicted molar refractivity (Wildman–Crippen MR) is 149 cm³/mol. The fraction of sp³-hybridized carbons (Fsp3) is 0.467. The SMILES string of the molecule is CCCC(=O)[C@@H](CC)/C(CCC(=O)N(Cc1ccccc1)Cc1ccccc1)=N/NC(=O)C[N+](C)(C)C. The molecule has 2 amide bonds. The van der Waals surface area contributed by atoms with E-state index in [-0.39, 0.29) is 30.6 Å². The molecule has 2 aromatic rings. The largest absolute Gasteiger partial charge is 0.334 e. The summed E-state index contributed by atoms with van der Waals surface area (Å²) in [5.41, 5.74) is 5.32. The Balaban J connectivity index is 2.22. The second-order valence-corrected chi connectivity index (χ2v) is 10.5. The van der Waals surface area contributed by atoms with E-state index < -0.39 is 5.92 Å². The molecule has 0 saturated heterocycles. The highest BCUT2D eigenvalue weighted by Gasteiger charge is 2.25. The number of hydrazone groups is 1. The third kappa shape index (κ3) is 11.1. The third-order valence-electron chi connectivity index (χ3n) is 6.02. The minimum Gasteiger partial charge on any atom is -0.334 e. The number of carbonyl (C=O) groups is 3. The fourth-order valence-electron chi connectivity index (χ4n) is 4.21. The van der Waals surface area contributed by atoms with Gasteiger partial charge in [-0.05, 0) is 30.4 Å². The van der Waals surface area contributed by atoms with Crippen LogP contribution < -0.4 is 5.43 Å². The highest BCUT2D eigenvalue weighted by molar-refractivity contribution is 6.06. The molecule has 37 heavy (non-hydrogen) atoms. The van der Waals surface area contributed by atoms with E-state index >= 15 is 0 Å². The Labute approximate surface area is 222 Å². The number of nitrogens with one attached hydrogen (secondary N) is 1. The second kappa shape index (κ2) is 15.1. The summed E-state index contributed by atoms with van der Waals surface area (Å²) in [6, 6.07) is 19.8.